The smallest absolute Gasteiger partial charge is 0.393 e. The van der Waals surface area contributed by atoms with Gasteiger partial charge in [0.25, 0.3) is 5.60 Å². The SMILES string of the molecule is CC[Si](CC)(CC)OC(c1ccc2c(c1)c(I)cn2Cc1ccccc1)(C(F)(F)F)C(F)(F)F. The van der Waals surface area contributed by atoms with Gasteiger partial charge in [-0.1, -0.05) is 57.2 Å². The van der Waals surface area contributed by atoms with Gasteiger partial charge in [0, 0.05) is 32.8 Å². The molecule has 0 aliphatic carbocycles. The van der Waals surface area contributed by atoms with E-state index in [0.717, 1.165) is 17.7 Å². The van der Waals surface area contributed by atoms with Crippen LogP contribution in [0.5, 0.6) is 0 Å². The Morgan fingerprint density at radius 1 is 0.853 bits per heavy atom. The van der Waals surface area contributed by atoms with E-state index in [4.69, 9.17) is 4.43 Å². The Kier molecular flexibility index (Phi) is 7.84. The van der Waals surface area contributed by atoms with Crippen LogP contribution in [0.25, 0.3) is 10.9 Å². The molecular formula is C24H26F6INOSi. The van der Waals surface area contributed by atoms with Gasteiger partial charge in [-0.25, -0.2) is 0 Å². The van der Waals surface area contributed by atoms with E-state index < -0.39 is 31.8 Å². The summed E-state index contributed by atoms with van der Waals surface area (Å²) in [5.41, 5.74) is -3.79. The van der Waals surface area contributed by atoms with Gasteiger partial charge in [0.05, 0.1) is 0 Å². The molecular weight excluding hydrogens is 587 g/mol. The molecule has 0 bridgehead atoms. The Morgan fingerprint density at radius 3 is 1.91 bits per heavy atom. The van der Waals surface area contributed by atoms with E-state index in [9.17, 15) is 26.3 Å². The number of benzene rings is 2. The molecule has 186 valence electrons. The van der Waals surface area contributed by atoms with Crippen molar-refractivity contribution in [2.45, 2.75) is 63.4 Å². The van der Waals surface area contributed by atoms with Crippen molar-refractivity contribution in [3.8, 4) is 0 Å². The van der Waals surface area contributed by atoms with Crippen molar-refractivity contribution in [3.63, 3.8) is 0 Å². The highest BCUT2D eigenvalue weighted by Crippen LogP contribution is 2.55. The molecule has 0 amide bonds. The lowest BCUT2D eigenvalue weighted by Crippen LogP contribution is -2.61. The van der Waals surface area contributed by atoms with Crippen LogP contribution in [0.4, 0.5) is 26.3 Å². The van der Waals surface area contributed by atoms with Crippen LogP contribution in [-0.4, -0.2) is 25.2 Å². The lowest BCUT2D eigenvalue weighted by atomic mass is 9.91. The molecule has 3 rings (SSSR count). The van der Waals surface area contributed by atoms with Gasteiger partial charge >= 0.3 is 12.4 Å². The summed E-state index contributed by atoms with van der Waals surface area (Å²) in [6.45, 7) is 5.25. The number of halogens is 7. The summed E-state index contributed by atoms with van der Waals surface area (Å²) < 4.78 is 94.5. The fourth-order valence-electron chi connectivity index (χ4n) is 4.34. The number of aromatic nitrogens is 1. The van der Waals surface area contributed by atoms with Gasteiger partial charge in [0.1, 0.15) is 0 Å². The number of alkyl halides is 6. The van der Waals surface area contributed by atoms with Crippen LogP contribution in [0.15, 0.2) is 54.7 Å². The largest absolute Gasteiger partial charge is 0.429 e. The van der Waals surface area contributed by atoms with Crippen molar-refractivity contribution in [3.05, 3.63) is 69.4 Å². The second kappa shape index (κ2) is 9.85. The Morgan fingerprint density at radius 2 is 1.41 bits per heavy atom. The molecule has 0 spiro atoms. The van der Waals surface area contributed by atoms with E-state index >= 15 is 0 Å². The molecule has 3 aromatic rings. The van der Waals surface area contributed by atoms with Crippen LogP contribution in [0.3, 0.4) is 0 Å². The molecule has 0 aliphatic rings. The van der Waals surface area contributed by atoms with Crippen LogP contribution in [0.1, 0.15) is 31.9 Å². The van der Waals surface area contributed by atoms with Crippen molar-refractivity contribution in [2.24, 2.45) is 0 Å². The molecule has 0 N–H and O–H groups in total. The molecule has 10 heteroatoms. The van der Waals surface area contributed by atoms with Crippen LogP contribution in [0, 0.1) is 3.57 Å². The Hall–Kier alpha value is -1.53. The number of fused-ring (bicyclic) bond motifs is 1. The second-order valence-corrected chi connectivity index (χ2v) is 14.2. The quantitative estimate of drug-likeness (QED) is 0.141. The molecule has 0 fully saturated rings. The second-order valence-electron chi connectivity index (χ2n) is 8.34. The minimum absolute atomic E-state index is 0.154. The van der Waals surface area contributed by atoms with Gasteiger partial charge in [-0.05, 0) is 58.4 Å². The summed E-state index contributed by atoms with van der Waals surface area (Å²) in [5, 5.41) is 0.326. The first-order valence-electron chi connectivity index (χ1n) is 11.0. The summed E-state index contributed by atoms with van der Waals surface area (Å²) in [4.78, 5) is 0. The van der Waals surface area contributed by atoms with E-state index in [-0.39, 0.29) is 18.1 Å². The number of hydrogen-bond donors (Lipinski definition) is 0. The fourth-order valence-corrected chi connectivity index (χ4v) is 8.04. The zero-order chi connectivity index (χ0) is 25.4. The molecule has 0 unspecified atom stereocenters. The average Bonchev–Trinajstić information content (AvgIpc) is 3.09. The number of hydrogen-bond acceptors (Lipinski definition) is 1. The monoisotopic (exact) mass is 613 g/mol. The zero-order valence-corrected chi connectivity index (χ0v) is 22.2. The van der Waals surface area contributed by atoms with Crippen molar-refractivity contribution >= 4 is 41.8 Å². The molecule has 0 radical (unpaired) electrons. The lowest BCUT2D eigenvalue weighted by molar-refractivity contribution is -0.369. The minimum Gasteiger partial charge on any atom is -0.393 e. The molecule has 0 atom stereocenters. The van der Waals surface area contributed by atoms with Crippen LogP contribution < -0.4 is 0 Å². The topological polar surface area (TPSA) is 14.2 Å². The first-order chi connectivity index (χ1) is 15.8. The van der Waals surface area contributed by atoms with Gasteiger partial charge in [-0.3, -0.25) is 0 Å². The Bertz CT molecular complexity index is 1100. The van der Waals surface area contributed by atoms with E-state index in [1.54, 1.807) is 27.0 Å². The number of rotatable bonds is 8. The van der Waals surface area contributed by atoms with Gasteiger partial charge in [0.2, 0.25) is 0 Å². The normalized spacial score (nSPS) is 13.6. The zero-order valence-electron chi connectivity index (χ0n) is 19.0. The van der Waals surface area contributed by atoms with Crippen LogP contribution >= 0.6 is 22.6 Å². The van der Waals surface area contributed by atoms with E-state index in [1.165, 1.54) is 6.07 Å². The summed E-state index contributed by atoms with van der Waals surface area (Å²) in [7, 11) is -3.33. The molecule has 1 heterocycles. The van der Waals surface area contributed by atoms with E-state index in [1.807, 2.05) is 57.5 Å². The van der Waals surface area contributed by atoms with Crippen molar-refractivity contribution < 1.29 is 30.8 Å². The summed E-state index contributed by atoms with van der Waals surface area (Å²) in [6, 6.07) is 13.1. The van der Waals surface area contributed by atoms with Gasteiger partial charge in [-0.15, -0.1) is 0 Å². The fraction of sp³-hybridized carbons (Fsp3) is 0.417. The predicted octanol–water partition coefficient (Wildman–Crippen LogP) is 8.64. The third kappa shape index (κ3) is 4.77. The highest BCUT2D eigenvalue weighted by atomic mass is 127. The maximum absolute atomic E-state index is 14.5. The molecule has 0 saturated carbocycles. The average molecular weight is 613 g/mol. The lowest BCUT2D eigenvalue weighted by Gasteiger charge is -2.44. The maximum atomic E-state index is 14.5. The van der Waals surface area contributed by atoms with Crippen molar-refractivity contribution in [1.82, 2.24) is 4.57 Å². The Balaban J connectivity index is 2.23. The van der Waals surface area contributed by atoms with Gasteiger partial charge < -0.3 is 8.99 Å². The Labute approximate surface area is 209 Å². The highest BCUT2D eigenvalue weighted by molar-refractivity contribution is 14.1. The molecule has 34 heavy (non-hydrogen) atoms. The van der Waals surface area contributed by atoms with Gasteiger partial charge in [0.15, 0.2) is 8.32 Å². The molecule has 0 saturated heterocycles. The predicted molar refractivity (Wildman–Crippen MR) is 132 cm³/mol. The van der Waals surface area contributed by atoms with Crippen LogP contribution in [-0.2, 0) is 16.6 Å². The molecule has 2 nitrogen and oxygen atoms in total. The van der Waals surface area contributed by atoms with Crippen molar-refractivity contribution in [1.29, 1.82) is 0 Å². The summed E-state index contributed by atoms with van der Waals surface area (Å²) in [5.74, 6) is 0. The minimum atomic E-state index is -5.69. The van der Waals surface area contributed by atoms with E-state index in [0.29, 0.717) is 21.0 Å². The first kappa shape index (κ1) is 27.1. The van der Waals surface area contributed by atoms with Crippen molar-refractivity contribution in [2.75, 3.05) is 0 Å². The highest BCUT2D eigenvalue weighted by Gasteiger charge is 2.74. The van der Waals surface area contributed by atoms with Crippen LogP contribution in [0.2, 0.25) is 18.1 Å². The third-order valence-corrected chi connectivity index (χ3v) is 12.0. The molecule has 0 aliphatic heterocycles. The first-order valence-corrected chi connectivity index (χ1v) is 14.6. The van der Waals surface area contributed by atoms with Gasteiger partial charge in [-0.2, -0.15) is 26.3 Å². The number of nitrogens with zero attached hydrogens (tertiary/aromatic N) is 1. The maximum Gasteiger partial charge on any atom is 0.429 e. The third-order valence-electron chi connectivity index (χ3n) is 6.54. The standard InChI is InChI=1S/C24H26F6INOSi/c1-4-34(5-2,6-3)33-22(23(25,26)27,24(28,29)30)18-12-13-21-19(14-18)20(31)16-32(21)15-17-10-8-7-9-11-17/h7-14,16H,4-6,15H2,1-3H3. The summed E-state index contributed by atoms with van der Waals surface area (Å²) >= 11 is 1.94. The summed E-state index contributed by atoms with van der Waals surface area (Å²) in [6.07, 6.45) is -9.64. The molecule has 2 aromatic carbocycles. The van der Waals surface area contributed by atoms with E-state index in [2.05, 4.69) is 0 Å². The molecule has 1 aromatic heterocycles.